The molecule has 4 heteroatoms. The Labute approximate surface area is 198 Å². The summed E-state index contributed by atoms with van der Waals surface area (Å²) >= 11 is 0. The average molecular weight is 443 g/mol. The summed E-state index contributed by atoms with van der Waals surface area (Å²) in [6, 6.07) is 22.1. The maximum absolute atomic E-state index is 4.87. The van der Waals surface area contributed by atoms with Crippen molar-refractivity contribution in [3.8, 4) is 0 Å². The molecule has 1 aliphatic carbocycles. The highest BCUT2D eigenvalue weighted by atomic mass is 15.3. The number of likely N-dealkylation sites (tertiary alicyclic amines) is 1. The number of rotatable bonds is 6. The maximum atomic E-state index is 4.87. The fourth-order valence-corrected chi connectivity index (χ4v) is 7.63. The summed E-state index contributed by atoms with van der Waals surface area (Å²) in [7, 11) is 0. The molecular weight excluding hydrogens is 404 g/mol. The molecule has 1 saturated carbocycles. The van der Waals surface area contributed by atoms with Crippen molar-refractivity contribution in [2.45, 2.75) is 75.9 Å². The van der Waals surface area contributed by atoms with Crippen molar-refractivity contribution in [1.82, 2.24) is 19.8 Å². The number of para-hydroxylation sites is 2. The van der Waals surface area contributed by atoms with Gasteiger partial charge in [-0.2, -0.15) is 0 Å². The topological polar surface area (TPSA) is 33.1 Å². The molecule has 4 atom stereocenters. The molecular formula is C29H38N4. The van der Waals surface area contributed by atoms with E-state index < -0.39 is 0 Å². The van der Waals surface area contributed by atoms with Gasteiger partial charge >= 0.3 is 0 Å². The highest BCUT2D eigenvalue weighted by molar-refractivity contribution is 5.76. The summed E-state index contributed by atoms with van der Waals surface area (Å²) in [5.41, 5.74) is 4.36. The van der Waals surface area contributed by atoms with Gasteiger partial charge in [0.2, 0.25) is 0 Å². The van der Waals surface area contributed by atoms with E-state index in [4.69, 9.17) is 4.98 Å². The lowest BCUT2D eigenvalue weighted by Gasteiger charge is -2.54. The number of piperidine rings is 1. The van der Waals surface area contributed by atoms with Gasteiger partial charge in [0.05, 0.1) is 11.0 Å². The van der Waals surface area contributed by atoms with E-state index in [2.05, 4.69) is 83.2 Å². The van der Waals surface area contributed by atoms with E-state index in [0.29, 0.717) is 11.5 Å². The van der Waals surface area contributed by atoms with Crippen LogP contribution < -0.4 is 5.32 Å². The second kappa shape index (κ2) is 8.56. The zero-order chi connectivity index (χ0) is 22.4. The van der Waals surface area contributed by atoms with Crippen molar-refractivity contribution >= 4 is 11.0 Å². The minimum atomic E-state index is 0.338. The second-order valence-corrected chi connectivity index (χ2v) is 10.7. The van der Waals surface area contributed by atoms with Crippen molar-refractivity contribution in [3.63, 3.8) is 0 Å². The first kappa shape index (κ1) is 21.4. The van der Waals surface area contributed by atoms with Crippen LogP contribution in [0.4, 0.5) is 0 Å². The number of fused-ring (bicyclic) bond motifs is 2. The highest BCUT2D eigenvalue weighted by Gasteiger charge is 2.53. The minimum Gasteiger partial charge on any atom is -0.325 e. The molecule has 0 bridgehead atoms. The number of imidazole rings is 1. The number of hydrogen-bond donors (Lipinski definition) is 1. The Morgan fingerprint density at radius 3 is 2.55 bits per heavy atom. The number of benzene rings is 2. The normalized spacial score (nSPS) is 29.2. The first-order valence-corrected chi connectivity index (χ1v) is 13.2. The van der Waals surface area contributed by atoms with Crippen molar-refractivity contribution < 1.29 is 0 Å². The zero-order valence-electron chi connectivity index (χ0n) is 20.2. The molecule has 0 radical (unpaired) electrons. The number of aryl methyl sites for hydroxylation is 1. The lowest BCUT2D eigenvalue weighted by Crippen LogP contribution is -2.62. The van der Waals surface area contributed by atoms with Crippen LogP contribution in [0.1, 0.15) is 62.9 Å². The van der Waals surface area contributed by atoms with E-state index in [9.17, 15) is 0 Å². The number of nitrogens with one attached hydrogen (secondary N) is 1. The van der Waals surface area contributed by atoms with Crippen LogP contribution in [0.25, 0.3) is 11.0 Å². The molecule has 3 fully saturated rings. The summed E-state index contributed by atoms with van der Waals surface area (Å²) in [5, 5.41) is 3.60. The molecule has 2 saturated heterocycles. The second-order valence-electron chi connectivity index (χ2n) is 10.7. The van der Waals surface area contributed by atoms with Crippen molar-refractivity contribution in [1.29, 1.82) is 0 Å². The monoisotopic (exact) mass is 442 g/mol. The fraction of sp³-hybridized carbons (Fsp3) is 0.552. The predicted octanol–water partition coefficient (Wildman–Crippen LogP) is 5.47. The summed E-state index contributed by atoms with van der Waals surface area (Å²) in [6.45, 7) is 8.12. The Balaban J connectivity index is 1.21. The standard InChI is InChI=1S/C29H38N4/c1-3-26-24-19-23(33-21(2)31-25-11-7-8-12-27(25)33)20-28(24)32(26)18-15-29(13-16-30-17-14-29)22-9-5-4-6-10-22/h4-12,23-24,26,28,30H,3,13-20H2,1-2H3. The van der Waals surface area contributed by atoms with Gasteiger partial charge in [0.15, 0.2) is 0 Å². The van der Waals surface area contributed by atoms with Crippen LogP contribution in [0.2, 0.25) is 0 Å². The predicted molar refractivity (Wildman–Crippen MR) is 136 cm³/mol. The summed E-state index contributed by atoms with van der Waals surface area (Å²) < 4.78 is 2.55. The van der Waals surface area contributed by atoms with Crippen molar-refractivity contribution in [2.75, 3.05) is 19.6 Å². The molecule has 0 spiro atoms. The molecule has 2 aliphatic heterocycles. The quantitative estimate of drug-likeness (QED) is 0.549. The van der Waals surface area contributed by atoms with Crippen LogP contribution >= 0.6 is 0 Å². The molecule has 1 aromatic heterocycles. The molecule has 1 N–H and O–H groups in total. The first-order valence-electron chi connectivity index (χ1n) is 13.2. The molecule has 0 amide bonds. The lowest BCUT2D eigenvalue weighted by atomic mass is 9.70. The lowest BCUT2D eigenvalue weighted by molar-refractivity contribution is -0.0447. The van der Waals surface area contributed by atoms with Crippen LogP contribution in [-0.2, 0) is 5.41 Å². The Bertz CT molecular complexity index is 1100. The van der Waals surface area contributed by atoms with Crippen molar-refractivity contribution in [3.05, 3.63) is 66.0 Å². The van der Waals surface area contributed by atoms with Gasteiger partial charge in [-0.1, -0.05) is 49.4 Å². The summed E-state index contributed by atoms with van der Waals surface area (Å²) in [6.07, 6.45) is 7.68. The van der Waals surface area contributed by atoms with Gasteiger partial charge in [-0.3, -0.25) is 4.90 Å². The molecule has 3 aliphatic rings. The molecule has 2 aromatic carbocycles. The molecule has 4 unspecified atom stereocenters. The van der Waals surface area contributed by atoms with Gasteiger partial charge in [0, 0.05) is 18.1 Å². The maximum Gasteiger partial charge on any atom is 0.106 e. The van der Waals surface area contributed by atoms with E-state index in [1.807, 2.05) is 0 Å². The van der Waals surface area contributed by atoms with E-state index in [-0.39, 0.29) is 0 Å². The van der Waals surface area contributed by atoms with Gasteiger partial charge in [0.25, 0.3) is 0 Å². The van der Waals surface area contributed by atoms with E-state index in [1.54, 1.807) is 5.56 Å². The van der Waals surface area contributed by atoms with Gasteiger partial charge in [-0.05, 0) is 94.1 Å². The zero-order valence-corrected chi connectivity index (χ0v) is 20.2. The smallest absolute Gasteiger partial charge is 0.106 e. The van der Waals surface area contributed by atoms with E-state index in [0.717, 1.165) is 36.6 Å². The first-order chi connectivity index (χ1) is 16.2. The third-order valence-corrected chi connectivity index (χ3v) is 9.25. The van der Waals surface area contributed by atoms with Crippen LogP contribution in [0.5, 0.6) is 0 Å². The van der Waals surface area contributed by atoms with Gasteiger partial charge in [-0.25, -0.2) is 4.98 Å². The number of aromatic nitrogens is 2. The Morgan fingerprint density at radius 2 is 1.76 bits per heavy atom. The molecule has 174 valence electrons. The molecule has 3 aromatic rings. The van der Waals surface area contributed by atoms with E-state index in [1.165, 1.54) is 56.4 Å². The largest absolute Gasteiger partial charge is 0.325 e. The molecule has 3 heterocycles. The Kier molecular flexibility index (Phi) is 5.54. The third-order valence-electron chi connectivity index (χ3n) is 9.25. The summed E-state index contributed by atoms with van der Waals surface area (Å²) in [5.74, 6) is 2.03. The molecule has 4 nitrogen and oxygen atoms in total. The fourth-order valence-electron chi connectivity index (χ4n) is 7.63. The Hall–Kier alpha value is -2.17. The minimum absolute atomic E-state index is 0.338. The van der Waals surface area contributed by atoms with Crippen molar-refractivity contribution in [2.24, 2.45) is 5.92 Å². The number of hydrogen-bond acceptors (Lipinski definition) is 3. The Morgan fingerprint density at radius 1 is 1.00 bits per heavy atom. The highest BCUT2D eigenvalue weighted by Crippen LogP contribution is 2.51. The van der Waals surface area contributed by atoms with Gasteiger partial charge in [-0.15, -0.1) is 0 Å². The van der Waals surface area contributed by atoms with Gasteiger partial charge in [0.1, 0.15) is 5.82 Å². The van der Waals surface area contributed by atoms with E-state index >= 15 is 0 Å². The summed E-state index contributed by atoms with van der Waals surface area (Å²) in [4.78, 5) is 7.76. The average Bonchev–Trinajstić information content (AvgIpc) is 3.38. The number of nitrogens with zero attached hydrogens (tertiary/aromatic N) is 3. The SMILES string of the molecule is CCC1C2CC(n3c(C)nc4ccccc43)CC2N1CCC1(c2ccccc2)CCNCC1. The molecule has 6 rings (SSSR count). The van der Waals surface area contributed by atoms with Crippen LogP contribution in [-0.4, -0.2) is 46.2 Å². The van der Waals surface area contributed by atoms with Crippen LogP contribution in [0.3, 0.4) is 0 Å². The van der Waals surface area contributed by atoms with Crippen LogP contribution in [0, 0.1) is 12.8 Å². The van der Waals surface area contributed by atoms with Gasteiger partial charge < -0.3 is 9.88 Å². The molecule has 33 heavy (non-hydrogen) atoms. The van der Waals surface area contributed by atoms with Crippen LogP contribution in [0.15, 0.2) is 54.6 Å². The third kappa shape index (κ3) is 3.54.